The van der Waals surface area contributed by atoms with Gasteiger partial charge in [0.15, 0.2) is 18.1 Å². The van der Waals surface area contributed by atoms with Crippen LogP contribution in [0.5, 0.6) is 11.5 Å². The lowest BCUT2D eigenvalue weighted by molar-refractivity contribution is -0.152. The molecule has 0 spiro atoms. The molecule has 1 fully saturated rings. The number of hydrogen-bond donors (Lipinski definition) is 1. The number of likely N-dealkylation sites (tertiary alicyclic amines) is 1. The number of carbonyl (C=O) groups excluding carboxylic acids is 1. The van der Waals surface area contributed by atoms with Crippen LogP contribution in [0.15, 0.2) is 18.2 Å². The van der Waals surface area contributed by atoms with Crippen LogP contribution in [0.4, 0.5) is 0 Å². The predicted molar refractivity (Wildman–Crippen MR) is 87.3 cm³/mol. The van der Waals surface area contributed by atoms with E-state index in [4.69, 9.17) is 9.47 Å². The van der Waals surface area contributed by atoms with Crippen LogP contribution in [-0.2, 0) is 16.0 Å². The second kappa shape index (κ2) is 6.34. The summed E-state index contributed by atoms with van der Waals surface area (Å²) < 4.78 is 11.6. The van der Waals surface area contributed by atoms with Crippen LogP contribution < -0.4 is 9.47 Å². The highest BCUT2D eigenvalue weighted by atomic mass is 16.5. The minimum Gasteiger partial charge on any atom is -0.483 e. The van der Waals surface area contributed by atoms with Gasteiger partial charge in [0.05, 0.1) is 0 Å². The lowest BCUT2D eigenvalue weighted by Crippen LogP contribution is -2.49. The van der Waals surface area contributed by atoms with Crippen molar-refractivity contribution in [1.82, 2.24) is 4.90 Å². The summed E-state index contributed by atoms with van der Waals surface area (Å²) in [5.41, 5.74) is 0.777. The van der Waals surface area contributed by atoms with E-state index in [9.17, 15) is 14.7 Å². The average Bonchev–Trinajstić information content (AvgIpc) is 2.86. The summed E-state index contributed by atoms with van der Waals surface area (Å²) in [7, 11) is 0. The maximum absolute atomic E-state index is 12.4. The number of para-hydroxylation sites is 1. The van der Waals surface area contributed by atoms with Gasteiger partial charge in [0.1, 0.15) is 11.6 Å². The number of carbonyl (C=O) groups is 2. The number of amides is 1. The topological polar surface area (TPSA) is 76.1 Å². The summed E-state index contributed by atoms with van der Waals surface area (Å²) in [5, 5.41) is 9.27. The Morgan fingerprint density at radius 3 is 2.92 bits per heavy atom. The van der Waals surface area contributed by atoms with Crippen molar-refractivity contribution in [2.75, 3.05) is 13.2 Å². The van der Waals surface area contributed by atoms with Crippen LogP contribution in [-0.4, -0.2) is 46.7 Å². The molecular weight excluding hydrogens is 310 g/mol. The lowest BCUT2D eigenvalue weighted by Gasteiger charge is -2.32. The molecule has 2 aliphatic rings. The van der Waals surface area contributed by atoms with E-state index in [0.29, 0.717) is 24.5 Å². The van der Waals surface area contributed by atoms with Gasteiger partial charge < -0.3 is 19.5 Å². The number of fused-ring (bicyclic) bond motifs is 1. The maximum atomic E-state index is 12.4. The Labute approximate surface area is 141 Å². The molecule has 0 radical (unpaired) electrons. The summed E-state index contributed by atoms with van der Waals surface area (Å²) in [6.45, 7) is 4.31. The van der Waals surface area contributed by atoms with Gasteiger partial charge in [-0.3, -0.25) is 4.79 Å². The van der Waals surface area contributed by atoms with Gasteiger partial charge in [-0.15, -0.1) is 0 Å². The molecule has 0 aliphatic carbocycles. The zero-order chi connectivity index (χ0) is 17.3. The molecule has 0 saturated carbocycles. The van der Waals surface area contributed by atoms with Crippen molar-refractivity contribution < 1.29 is 24.2 Å². The zero-order valence-electron chi connectivity index (χ0n) is 14.1. The van der Waals surface area contributed by atoms with Gasteiger partial charge in [0.2, 0.25) is 0 Å². The van der Waals surface area contributed by atoms with E-state index in [2.05, 4.69) is 0 Å². The molecule has 6 heteroatoms. The fourth-order valence-corrected chi connectivity index (χ4v) is 3.41. The second-order valence-electron chi connectivity index (χ2n) is 7.01. The summed E-state index contributed by atoms with van der Waals surface area (Å²) >= 11 is 0. The van der Waals surface area contributed by atoms with E-state index in [1.54, 1.807) is 6.07 Å². The van der Waals surface area contributed by atoms with E-state index in [1.807, 2.05) is 26.0 Å². The van der Waals surface area contributed by atoms with Crippen molar-refractivity contribution in [2.24, 2.45) is 0 Å². The smallest absolute Gasteiger partial charge is 0.326 e. The normalized spacial score (nSPS) is 21.8. The predicted octanol–water partition coefficient (Wildman–Crippen LogP) is 2.24. The molecule has 2 heterocycles. The van der Waals surface area contributed by atoms with Crippen LogP contribution in [0.25, 0.3) is 0 Å². The molecule has 130 valence electrons. The maximum Gasteiger partial charge on any atom is 0.326 e. The van der Waals surface area contributed by atoms with E-state index >= 15 is 0 Å². The number of hydrogen-bond acceptors (Lipinski definition) is 4. The van der Waals surface area contributed by atoms with Gasteiger partial charge in [-0.2, -0.15) is 0 Å². The van der Waals surface area contributed by atoms with Crippen molar-refractivity contribution in [2.45, 2.75) is 51.2 Å². The molecule has 24 heavy (non-hydrogen) atoms. The highest BCUT2D eigenvalue weighted by Gasteiger charge is 2.34. The fourth-order valence-electron chi connectivity index (χ4n) is 3.41. The largest absolute Gasteiger partial charge is 0.483 e. The number of aliphatic carboxylic acids is 1. The van der Waals surface area contributed by atoms with Crippen LogP contribution in [0.1, 0.15) is 38.7 Å². The van der Waals surface area contributed by atoms with Gasteiger partial charge in [-0.25, -0.2) is 4.79 Å². The average molecular weight is 333 g/mol. The third-order valence-corrected chi connectivity index (χ3v) is 4.51. The SMILES string of the molecule is CC1(C)Cc2cccc(OCC(=O)N3CCCCC3C(=O)O)c2O1. The minimum absolute atomic E-state index is 0.177. The van der Waals surface area contributed by atoms with Crippen molar-refractivity contribution in [3.05, 3.63) is 23.8 Å². The molecule has 3 rings (SSSR count). The molecule has 1 aromatic rings. The van der Waals surface area contributed by atoms with Gasteiger partial charge >= 0.3 is 5.97 Å². The molecule has 0 bridgehead atoms. The van der Waals surface area contributed by atoms with E-state index in [1.165, 1.54) is 4.90 Å². The number of carboxylic acid groups (broad SMARTS) is 1. The van der Waals surface area contributed by atoms with Gasteiger partial charge in [0, 0.05) is 18.5 Å². The van der Waals surface area contributed by atoms with Gasteiger partial charge in [-0.05, 0) is 39.2 Å². The Morgan fingerprint density at radius 1 is 1.38 bits per heavy atom. The molecule has 0 aromatic heterocycles. The number of nitrogens with zero attached hydrogens (tertiary/aromatic N) is 1. The second-order valence-corrected chi connectivity index (χ2v) is 7.01. The highest BCUT2D eigenvalue weighted by Crippen LogP contribution is 2.41. The Hall–Kier alpha value is -2.24. The summed E-state index contributed by atoms with van der Waals surface area (Å²) in [6, 6.07) is 4.90. The molecule has 1 saturated heterocycles. The van der Waals surface area contributed by atoms with Crippen LogP contribution in [0.3, 0.4) is 0 Å². The third-order valence-electron chi connectivity index (χ3n) is 4.51. The Balaban J connectivity index is 1.67. The van der Waals surface area contributed by atoms with E-state index in [0.717, 1.165) is 24.8 Å². The molecule has 1 aromatic carbocycles. The third kappa shape index (κ3) is 3.32. The Bertz CT molecular complexity index is 655. The first kappa shape index (κ1) is 16.6. The van der Waals surface area contributed by atoms with Gasteiger partial charge in [0.25, 0.3) is 5.91 Å². The fraction of sp³-hybridized carbons (Fsp3) is 0.556. The minimum atomic E-state index is -0.950. The molecule has 1 unspecified atom stereocenters. The molecule has 1 atom stereocenters. The number of piperidine rings is 1. The molecule has 2 aliphatic heterocycles. The highest BCUT2D eigenvalue weighted by molar-refractivity contribution is 5.84. The quantitative estimate of drug-likeness (QED) is 0.914. The van der Waals surface area contributed by atoms with E-state index in [-0.39, 0.29) is 18.1 Å². The van der Waals surface area contributed by atoms with Crippen LogP contribution >= 0.6 is 0 Å². The Morgan fingerprint density at radius 2 is 2.17 bits per heavy atom. The first-order valence-corrected chi connectivity index (χ1v) is 8.33. The van der Waals surface area contributed by atoms with Crippen LogP contribution in [0, 0.1) is 0 Å². The van der Waals surface area contributed by atoms with E-state index < -0.39 is 12.0 Å². The van der Waals surface area contributed by atoms with Crippen molar-refractivity contribution in [3.63, 3.8) is 0 Å². The molecular formula is C18H23NO5. The van der Waals surface area contributed by atoms with Crippen LogP contribution in [0.2, 0.25) is 0 Å². The Kier molecular flexibility index (Phi) is 4.39. The van der Waals surface area contributed by atoms with Crippen molar-refractivity contribution in [1.29, 1.82) is 0 Å². The standard InChI is InChI=1S/C18H23NO5/c1-18(2)10-12-6-5-8-14(16(12)24-18)23-11-15(20)19-9-4-3-7-13(19)17(21)22/h5-6,8,13H,3-4,7,9-11H2,1-2H3,(H,21,22). The molecule has 6 nitrogen and oxygen atoms in total. The van der Waals surface area contributed by atoms with Crippen molar-refractivity contribution in [3.8, 4) is 11.5 Å². The van der Waals surface area contributed by atoms with Crippen molar-refractivity contribution >= 4 is 11.9 Å². The number of ether oxygens (including phenoxy) is 2. The summed E-state index contributed by atoms with van der Waals surface area (Å²) in [6.07, 6.45) is 2.95. The monoisotopic (exact) mass is 333 g/mol. The summed E-state index contributed by atoms with van der Waals surface area (Å²) in [5.74, 6) is -0.0234. The first-order chi connectivity index (χ1) is 11.4. The molecule has 1 N–H and O–H groups in total. The number of benzene rings is 1. The first-order valence-electron chi connectivity index (χ1n) is 8.33. The summed E-state index contributed by atoms with van der Waals surface area (Å²) in [4.78, 5) is 25.1. The number of carboxylic acids is 1. The number of rotatable bonds is 4. The lowest BCUT2D eigenvalue weighted by atomic mass is 10.0. The van der Waals surface area contributed by atoms with Gasteiger partial charge in [-0.1, -0.05) is 12.1 Å². The molecule has 1 amide bonds. The zero-order valence-corrected chi connectivity index (χ0v) is 14.1.